The van der Waals surface area contributed by atoms with Crippen molar-refractivity contribution in [3.05, 3.63) is 53.6 Å². The molecule has 2 aromatic carbocycles. The molecule has 0 heterocycles. The predicted octanol–water partition coefficient (Wildman–Crippen LogP) is 1.71. The number of hydrazine groups is 1. The Hall–Kier alpha value is -2.62. The number of nitrogens with two attached hydrogens (primary N) is 1. The highest BCUT2D eigenvalue weighted by molar-refractivity contribution is 7.89. The van der Waals surface area contributed by atoms with E-state index in [0.717, 1.165) is 18.4 Å². The van der Waals surface area contributed by atoms with Crippen LogP contribution in [0, 0.1) is 0 Å². The number of phenols is 2. The molecular formula is C19H23N3O5S. The van der Waals surface area contributed by atoms with E-state index in [9.17, 15) is 23.4 Å². The van der Waals surface area contributed by atoms with Crippen LogP contribution < -0.4 is 16.0 Å². The highest BCUT2D eigenvalue weighted by Crippen LogP contribution is 2.38. The van der Waals surface area contributed by atoms with E-state index in [1.54, 1.807) is 12.1 Å². The Morgan fingerprint density at radius 3 is 2.21 bits per heavy atom. The molecule has 9 heteroatoms. The van der Waals surface area contributed by atoms with Gasteiger partial charge in [-0.3, -0.25) is 10.2 Å². The first-order valence-corrected chi connectivity index (χ1v) is 10.4. The van der Waals surface area contributed by atoms with Gasteiger partial charge in [-0.25, -0.2) is 19.0 Å². The molecule has 0 atom stereocenters. The maximum atomic E-state index is 12.6. The lowest BCUT2D eigenvalue weighted by atomic mass is 9.81. The largest absolute Gasteiger partial charge is 0.508 e. The van der Waals surface area contributed by atoms with E-state index in [4.69, 9.17) is 5.84 Å². The second-order valence-electron chi connectivity index (χ2n) is 6.91. The topological polar surface area (TPSA) is 142 Å². The molecule has 150 valence electrons. The number of rotatable bonds is 5. The van der Waals surface area contributed by atoms with Gasteiger partial charge in [0.2, 0.25) is 10.0 Å². The van der Waals surface area contributed by atoms with Gasteiger partial charge in [0, 0.05) is 17.7 Å². The average molecular weight is 405 g/mol. The Labute approximate surface area is 163 Å². The van der Waals surface area contributed by atoms with Crippen LogP contribution in [-0.4, -0.2) is 30.6 Å². The molecule has 0 bridgehead atoms. The maximum absolute atomic E-state index is 12.6. The summed E-state index contributed by atoms with van der Waals surface area (Å²) in [6.45, 7) is 0. The Morgan fingerprint density at radius 1 is 1.00 bits per heavy atom. The number of amides is 1. The molecule has 0 spiro atoms. The Kier molecular flexibility index (Phi) is 5.87. The van der Waals surface area contributed by atoms with E-state index in [1.165, 1.54) is 30.3 Å². The number of nitrogens with one attached hydrogen (secondary N) is 2. The second kappa shape index (κ2) is 8.17. The van der Waals surface area contributed by atoms with Gasteiger partial charge in [0.05, 0.1) is 4.90 Å². The number of hydrogen-bond acceptors (Lipinski definition) is 6. The van der Waals surface area contributed by atoms with Gasteiger partial charge in [-0.05, 0) is 67.5 Å². The fourth-order valence-electron chi connectivity index (χ4n) is 3.56. The third kappa shape index (κ3) is 4.44. The van der Waals surface area contributed by atoms with Gasteiger partial charge in [0.15, 0.2) is 0 Å². The third-order valence-corrected chi connectivity index (χ3v) is 6.60. The van der Waals surface area contributed by atoms with Crippen LogP contribution in [0.1, 0.15) is 47.5 Å². The number of benzene rings is 2. The molecule has 8 nitrogen and oxygen atoms in total. The van der Waals surface area contributed by atoms with Gasteiger partial charge < -0.3 is 10.2 Å². The Balaban J connectivity index is 1.62. The lowest BCUT2D eigenvalue weighted by Crippen LogP contribution is -2.37. The molecule has 0 saturated heterocycles. The fourth-order valence-corrected chi connectivity index (χ4v) is 4.86. The van der Waals surface area contributed by atoms with Crippen molar-refractivity contribution in [3.63, 3.8) is 0 Å². The zero-order chi connectivity index (χ0) is 20.3. The van der Waals surface area contributed by atoms with Gasteiger partial charge in [0.25, 0.3) is 5.91 Å². The van der Waals surface area contributed by atoms with E-state index in [2.05, 4.69) is 4.72 Å². The summed E-state index contributed by atoms with van der Waals surface area (Å²) in [5.41, 5.74) is 3.04. The van der Waals surface area contributed by atoms with Crippen LogP contribution in [0.5, 0.6) is 11.5 Å². The van der Waals surface area contributed by atoms with Crippen molar-refractivity contribution < 1.29 is 23.4 Å². The summed E-state index contributed by atoms with van der Waals surface area (Å²) in [6.07, 6.45) is 2.72. The molecule has 6 N–H and O–H groups in total. The second-order valence-corrected chi connectivity index (χ2v) is 8.62. The van der Waals surface area contributed by atoms with Gasteiger partial charge >= 0.3 is 0 Å². The first kappa shape index (κ1) is 20.1. The van der Waals surface area contributed by atoms with Crippen LogP contribution in [0.15, 0.2) is 47.4 Å². The van der Waals surface area contributed by atoms with Crippen molar-refractivity contribution in [2.24, 2.45) is 5.84 Å². The van der Waals surface area contributed by atoms with Crippen LogP contribution in [0.4, 0.5) is 0 Å². The SMILES string of the molecule is NNC(=O)c1ccc(S(=O)(=O)N[C@H]2CC[C@@H](c3ccc(O)cc3O)CC2)cc1. The number of phenolic OH excluding ortho intramolecular Hbond substituents is 2. The molecule has 0 aliphatic heterocycles. The Morgan fingerprint density at radius 2 is 1.64 bits per heavy atom. The van der Waals surface area contributed by atoms with Crippen LogP contribution >= 0.6 is 0 Å². The molecule has 1 amide bonds. The number of hydrogen-bond donors (Lipinski definition) is 5. The average Bonchev–Trinajstić information content (AvgIpc) is 2.68. The van der Waals surface area contributed by atoms with Crippen LogP contribution in [-0.2, 0) is 10.0 Å². The molecular weight excluding hydrogens is 382 g/mol. The van der Waals surface area contributed by atoms with Gasteiger partial charge in [-0.2, -0.15) is 0 Å². The molecule has 2 aromatic rings. The number of carbonyl (C=O) groups is 1. The first-order chi connectivity index (χ1) is 13.3. The number of nitrogen functional groups attached to an aromatic ring is 1. The monoisotopic (exact) mass is 405 g/mol. The molecule has 0 radical (unpaired) electrons. The summed E-state index contributed by atoms with van der Waals surface area (Å²) in [6, 6.07) is 9.91. The van der Waals surface area contributed by atoms with Crippen molar-refractivity contribution in [1.82, 2.24) is 10.1 Å². The van der Waals surface area contributed by atoms with E-state index >= 15 is 0 Å². The first-order valence-electron chi connectivity index (χ1n) is 8.95. The van der Waals surface area contributed by atoms with Crippen molar-refractivity contribution in [2.75, 3.05) is 0 Å². The molecule has 1 aliphatic rings. The highest BCUT2D eigenvalue weighted by Gasteiger charge is 2.27. The maximum Gasteiger partial charge on any atom is 0.265 e. The Bertz CT molecular complexity index is 952. The third-order valence-electron chi connectivity index (χ3n) is 5.06. The fraction of sp³-hybridized carbons (Fsp3) is 0.316. The molecule has 0 unspecified atom stereocenters. The van der Waals surface area contributed by atoms with Crippen molar-refractivity contribution in [1.29, 1.82) is 0 Å². The summed E-state index contributed by atoms with van der Waals surface area (Å²) in [7, 11) is -3.70. The minimum absolute atomic E-state index is 0.0117. The predicted molar refractivity (Wildman–Crippen MR) is 103 cm³/mol. The molecule has 1 fully saturated rings. The summed E-state index contributed by atoms with van der Waals surface area (Å²) >= 11 is 0. The smallest absolute Gasteiger partial charge is 0.265 e. The van der Waals surface area contributed by atoms with Gasteiger partial charge in [0.1, 0.15) is 11.5 Å². The van der Waals surface area contributed by atoms with Crippen molar-refractivity contribution in [2.45, 2.75) is 42.5 Å². The molecule has 0 aromatic heterocycles. The van der Waals surface area contributed by atoms with Crippen LogP contribution in [0.25, 0.3) is 0 Å². The lowest BCUT2D eigenvalue weighted by molar-refractivity contribution is 0.0953. The van der Waals surface area contributed by atoms with Crippen molar-refractivity contribution >= 4 is 15.9 Å². The summed E-state index contributed by atoms with van der Waals surface area (Å²) in [5, 5.41) is 19.4. The summed E-state index contributed by atoms with van der Waals surface area (Å²) < 4.78 is 27.9. The minimum Gasteiger partial charge on any atom is -0.508 e. The van der Waals surface area contributed by atoms with Gasteiger partial charge in [-0.1, -0.05) is 6.07 Å². The van der Waals surface area contributed by atoms with E-state index in [0.29, 0.717) is 12.8 Å². The quantitative estimate of drug-likeness (QED) is 0.291. The lowest BCUT2D eigenvalue weighted by Gasteiger charge is -2.29. The zero-order valence-corrected chi connectivity index (χ0v) is 15.9. The summed E-state index contributed by atoms with van der Waals surface area (Å²) in [5.74, 6) is 4.76. The van der Waals surface area contributed by atoms with Crippen LogP contribution in [0.3, 0.4) is 0 Å². The molecule has 1 aliphatic carbocycles. The summed E-state index contributed by atoms with van der Waals surface area (Å²) in [4.78, 5) is 11.5. The number of aromatic hydroxyl groups is 2. The molecule has 28 heavy (non-hydrogen) atoms. The molecule has 1 saturated carbocycles. The van der Waals surface area contributed by atoms with E-state index < -0.39 is 15.9 Å². The van der Waals surface area contributed by atoms with Crippen LogP contribution in [0.2, 0.25) is 0 Å². The normalized spacial score (nSPS) is 19.9. The zero-order valence-electron chi connectivity index (χ0n) is 15.1. The van der Waals surface area contributed by atoms with E-state index in [1.807, 2.05) is 5.43 Å². The van der Waals surface area contributed by atoms with Crippen molar-refractivity contribution in [3.8, 4) is 11.5 Å². The highest BCUT2D eigenvalue weighted by atomic mass is 32.2. The van der Waals surface area contributed by atoms with E-state index in [-0.39, 0.29) is 33.9 Å². The van der Waals surface area contributed by atoms with Gasteiger partial charge in [-0.15, -0.1) is 0 Å². The molecule has 3 rings (SSSR count). The number of sulfonamides is 1. The minimum atomic E-state index is -3.70. The standard InChI is InChI=1S/C19H23N3O5S/c20-21-19(25)13-3-8-16(9-4-13)28(26,27)22-14-5-1-12(2-6-14)17-10-7-15(23)11-18(17)24/h3-4,7-12,14,22-24H,1-2,5-6,20H2,(H,21,25)/t12-,14+. The number of carbonyl (C=O) groups excluding carboxylic acids is 1.